The minimum absolute atomic E-state index is 0.0131. The first kappa shape index (κ1) is 17.7. The lowest BCUT2D eigenvalue weighted by Crippen LogP contribution is -2.26. The third kappa shape index (κ3) is 3.32. The average Bonchev–Trinajstić information content (AvgIpc) is 2.91. The Morgan fingerprint density at radius 3 is 2.41 bits per heavy atom. The van der Waals surface area contributed by atoms with Crippen LogP contribution in [0.2, 0.25) is 0 Å². The molecule has 1 aliphatic rings. The first-order valence-corrected chi connectivity index (χ1v) is 9.95. The molecule has 1 aliphatic heterocycles. The molecule has 0 spiro atoms. The largest absolute Gasteiger partial charge is 0.340 e. The first-order chi connectivity index (χ1) is 14.2. The fraction of sp³-hybridized carbons (Fsp3) is 0.160. The maximum Gasteiger partial charge on any atom is 0.255 e. The number of hydrogen-bond donors (Lipinski definition) is 0. The maximum atomic E-state index is 12.3. The van der Waals surface area contributed by atoms with Crippen molar-refractivity contribution in [2.24, 2.45) is 0 Å². The average molecular weight is 381 g/mol. The summed E-state index contributed by atoms with van der Waals surface area (Å²) in [7, 11) is 2.15. The van der Waals surface area contributed by atoms with E-state index in [0.29, 0.717) is 0 Å². The summed E-state index contributed by atoms with van der Waals surface area (Å²) >= 11 is 0. The van der Waals surface area contributed by atoms with Crippen LogP contribution in [0, 0.1) is 0 Å². The van der Waals surface area contributed by atoms with Crippen molar-refractivity contribution in [2.75, 3.05) is 25.0 Å². The van der Waals surface area contributed by atoms with Gasteiger partial charge >= 0.3 is 0 Å². The zero-order valence-corrected chi connectivity index (χ0v) is 16.5. The molecule has 5 rings (SSSR count). The molecule has 0 atom stereocenters. The van der Waals surface area contributed by atoms with Crippen LogP contribution in [0.15, 0.2) is 89.9 Å². The second-order valence-electron chi connectivity index (χ2n) is 7.64. The quantitative estimate of drug-likeness (QED) is 0.509. The van der Waals surface area contributed by atoms with Crippen molar-refractivity contribution in [2.45, 2.75) is 6.54 Å². The van der Waals surface area contributed by atoms with Gasteiger partial charge in [0.15, 0.2) is 0 Å². The first-order valence-electron chi connectivity index (χ1n) is 9.95. The molecule has 0 saturated heterocycles. The predicted molar refractivity (Wildman–Crippen MR) is 119 cm³/mol. The van der Waals surface area contributed by atoms with Crippen LogP contribution < -0.4 is 10.5 Å². The van der Waals surface area contributed by atoms with Crippen LogP contribution in [-0.4, -0.2) is 29.6 Å². The Labute approximate surface area is 170 Å². The van der Waals surface area contributed by atoms with E-state index in [9.17, 15) is 4.79 Å². The van der Waals surface area contributed by atoms with E-state index in [2.05, 4.69) is 71.4 Å². The SMILES string of the molecule is CN1CCN(c2ccc3ccccc3c2)c2ccc(-n3ccccc3=O)cc2C1. The highest BCUT2D eigenvalue weighted by atomic mass is 16.1. The third-order valence-electron chi connectivity index (χ3n) is 5.64. The highest BCUT2D eigenvalue weighted by Crippen LogP contribution is 2.34. The van der Waals surface area contributed by atoms with Gasteiger partial charge in [-0.15, -0.1) is 0 Å². The van der Waals surface area contributed by atoms with Crippen molar-refractivity contribution < 1.29 is 0 Å². The monoisotopic (exact) mass is 381 g/mol. The van der Waals surface area contributed by atoms with Crippen LogP contribution in [0.25, 0.3) is 16.5 Å². The van der Waals surface area contributed by atoms with Crippen LogP contribution in [0.4, 0.5) is 11.4 Å². The summed E-state index contributed by atoms with van der Waals surface area (Å²) < 4.78 is 1.70. The van der Waals surface area contributed by atoms with E-state index in [1.165, 1.54) is 27.7 Å². The molecule has 0 bridgehead atoms. The Hall–Kier alpha value is -3.37. The molecule has 2 heterocycles. The van der Waals surface area contributed by atoms with Crippen molar-refractivity contribution in [3.05, 3.63) is 101 Å². The van der Waals surface area contributed by atoms with E-state index in [-0.39, 0.29) is 5.56 Å². The number of nitrogens with zero attached hydrogens (tertiary/aromatic N) is 3. The van der Waals surface area contributed by atoms with Crippen LogP contribution in [-0.2, 0) is 6.54 Å². The van der Waals surface area contributed by atoms with Gasteiger partial charge in [0, 0.05) is 49.0 Å². The van der Waals surface area contributed by atoms with Gasteiger partial charge in [0.05, 0.1) is 0 Å². The molecule has 4 nitrogen and oxygen atoms in total. The Kier molecular flexibility index (Phi) is 4.41. The Morgan fingerprint density at radius 1 is 0.759 bits per heavy atom. The van der Waals surface area contributed by atoms with Gasteiger partial charge in [-0.05, 0) is 59.8 Å². The highest BCUT2D eigenvalue weighted by molar-refractivity contribution is 5.87. The number of likely N-dealkylation sites (N-methyl/N-ethyl adjacent to an activating group) is 1. The fourth-order valence-corrected chi connectivity index (χ4v) is 4.13. The van der Waals surface area contributed by atoms with Gasteiger partial charge in [0.2, 0.25) is 0 Å². The number of aromatic nitrogens is 1. The summed E-state index contributed by atoms with van der Waals surface area (Å²) in [5, 5.41) is 2.50. The van der Waals surface area contributed by atoms with Gasteiger partial charge in [-0.3, -0.25) is 9.36 Å². The Morgan fingerprint density at radius 2 is 1.55 bits per heavy atom. The number of rotatable bonds is 2. The molecule has 0 N–H and O–H groups in total. The molecule has 0 aliphatic carbocycles. The number of pyridine rings is 1. The fourth-order valence-electron chi connectivity index (χ4n) is 4.13. The zero-order chi connectivity index (χ0) is 19.8. The smallest absolute Gasteiger partial charge is 0.255 e. The molecule has 0 unspecified atom stereocenters. The van der Waals surface area contributed by atoms with Crippen LogP contribution in [0.1, 0.15) is 5.56 Å². The molecule has 144 valence electrons. The van der Waals surface area contributed by atoms with E-state index in [1.54, 1.807) is 16.7 Å². The minimum atomic E-state index is -0.0131. The summed E-state index contributed by atoms with van der Waals surface area (Å²) in [4.78, 5) is 17.0. The van der Waals surface area contributed by atoms with E-state index >= 15 is 0 Å². The van der Waals surface area contributed by atoms with Crippen molar-refractivity contribution in [1.82, 2.24) is 9.47 Å². The van der Waals surface area contributed by atoms with Gasteiger partial charge in [-0.25, -0.2) is 0 Å². The van der Waals surface area contributed by atoms with Gasteiger partial charge in [0.25, 0.3) is 5.56 Å². The lowest BCUT2D eigenvalue weighted by atomic mass is 10.1. The molecule has 0 fully saturated rings. The van der Waals surface area contributed by atoms with Crippen molar-refractivity contribution in [3.63, 3.8) is 0 Å². The van der Waals surface area contributed by atoms with Gasteiger partial charge in [0.1, 0.15) is 0 Å². The topological polar surface area (TPSA) is 28.5 Å². The normalized spacial score (nSPS) is 14.6. The Bertz CT molecular complexity index is 1240. The molecule has 29 heavy (non-hydrogen) atoms. The molecular formula is C25H23N3O. The van der Waals surface area contributed by atoms with E-state index in [1.807, 2.05) is 18.3 Å². The molecule has 3 aromatic carbocycles. The maximum absolute atomic E-state index is 12.3. The number of fused-ring (bicyclic) bond motifs is 2. The molecule has 4 aromatic rings. The summed E-state index contributed by atoms with van der Waals surface area (Å²) in [6.45, 7) is 2.75. The third-order valence-corrected chi connectivity index (χ3v) is 5.64. The molecule has 0 radical (unpaired) electrons. The molecule has 0 saturated carbocycles. The van der Waals surface area contributed by atoms with Crippen molar-refractivity contribution in [3.8, 4) is 5.69 Å². The molecule has 1 aromatic heterocycles. The van der Waals surface area contributed by atoms with Gasteiger partial charge in [-0.2, -0.15) is 0 Å². The van der Waals surface area contributed by atoms with E-state index in [4.69, 9.17) is 0 Å². The van der Waals surface area contributed by atoms with Crippen LogP contribution >= 0.6 is 0 Å². The van der Waals surface area contributed by atoms with Gasteiger partial charge in [-0.1, -0.05) is 36.4 Å². The Balaban J connectivity index is 1.62. The molecule has 4 heteroatoms. The summed E-state index contributed by atoms with van der Waals surface area (Å²) in [5.74, 6) is 0. The van der Waals surface area contributed by atoms with Crippen molar-refractivity contribution in [1.29, 1.82) is 0 Å². The second-order valence-corrected chi connectivity index (χ2v) is 7.64. The predicted octanol–water partition coefficient (Wildman–Crippen LogP) is 4.57. The second kappa shape index (κ2) is 7.22. The molecular weight excluding hydrogens is 358 g/mol. The van der Waals surface area contributed by atoms with E-state index in [0.717, 1.165) is 25.3 Å². The summed E-state index contributed by atoms with van der Waals surface area (Å²) in [6, 6.07) is 26.7. The minimum Gasteiger partial charge on any atom is -0.340 e. The zero-order valence-electron chi connectivity index (χ0n) is 16.5. The number of anilines is 2. The summed E-state index contributed by atoms with van der Waals surface area (Å²) in [5.41, 5.74) is 4.53. The summed E-state index contributed by atoms with van der Waals surface area (Å²) in [6.07, 6.45) is 1.82. The van der Waals surface area contributed by atoms with Crippen LogP contribution in [0.3, 0.4) is 0 Å². The van der Waals surface area contributed by atoms with Crippen molar-refractivity contribution >= 4 is 22.1 Å². The highest BCUT2D eigenvalue weighted by Gasteiger charge is 2.20. The van der Waals surface area contributed by atoms with Gasteiger partial charge < -0.3 is 9.80 Å². The standard InChI is InChI=1S/C25H23N3O/c1-26-14-15-27(22-10-9-19-6-2-3-7-20(19)16-22)24-12-11-23(17-21(24)18-26)28-13-5-4-8-25(28)29/h2-13,16-17H,14-15,18H2,1H3. The lowest BCUT2D eigenvalue weighted by Gasteiger charge is -2.25. The number of benzene rings is 3. The molecule has 0 amide bonds. The van der Waals surface area contributed by atoms with E-state index < -0.39 is 0 Å². The van der Waals surface area contributed by atoms with Crippen LogP contribution in [0.5, 0.6) is 0 Å². The number of hydrogen-bond acceptors (Lipinski definition) is 3. The lowest BCUT2D eigenvalue weighted by molar-refractivity contribution is 0.343.